The van der Waals surface area contributed by atoms with E-state index in [1.807, 2.05) is 0 Å². The molecule has 0 fully saturated rings. The highest BCUT2D eigenvalue weighted by molar-refractivity contribution is 5.69. The summed E-state index contributed by atoms with van der Waals surface area (Å²) >= 11 is 0. The number of aromatic hydroxyl groups is 1. The Kier molecular flexibility index (Phi) is 6.71. The van der Waals surface area contributed by atoms with E-state index in [0.29, 0.717) is 6.42 Å². The fraction of sp³-hybridized carbons (Fsp3) is 0.571. The monoisotopic (exact) mass is 268 g/mol. The molecular weight excluding hydrogens is 248 g/mol. The Morgan fingerprint density at radius 3 is 2.74 bits per heavy atom. The largest absolute Gasteiger partial charge is 0.502 e. The number of hydrogen-bond acceptors (Lipinski definition) is 5. The van der Waals surface area contributed by atoms with Crippen LogP contribution in [0.5, 0.6) is 5.75 Å². The van der Waals surface area contributed by atoms with E-state index in [1.54, 1.807) is 0 Å². The normalized spacial score (nSPS) is 10.4. The van der Waals surface area contributed by atoms with Crippen LogP contribution in [0.25, 0.3) is 0 Å². The van der Waals surface area contributed by atoms with Gasteiger partial charge in [-0.25, -0.2) is 0 Å². The summed E-state index contributed by atoms with van der Waals surface area (Å²) in [5.74, 6) is -0.527. The summed E-state index contributed by atoms with van der Waals surface area (Å²) < 4.78 is 9.90. The van der Waals surface area contributed by atoms with E-state index in [2.05, 4.69) is 6.92 Å². The fourth-order valence-electron chi connectivity index (χ4n) is 1.62. The standard InChI is InChI=1S/C14H20O5/c1-2-3-4-5-6-7-14(17)19-9-11-8-12(15)13(16)10-18-11/h8,10,16H,2-7,9H2,1H3. The quantitative estimate of drug-likeness (QED) is 0.579. The van der Waals surface area contributed by atoms with Gasteiger partial charge in [-0.2, -0.15) is 0 Å². The van der Waals surface area contributed by atoms with Crippen molar-refractivity contribution in [1.29, 1.82) is 0 Å². The Morgan fingerprint density at radius 2 is 2.05 bits per heavy atom. The van der Waals surface area contributed by atoms with Crippen molar-refractivity contribution in [2.45, 2.75) is 52.1 Å². The van der Waals surface area contributed by atoms with Crippen LogP contribution >= 0.6 is 0 Å². The smallest absolute Gasteiger partial charge is 0.306 e. The van der Waals surface area contributed by atoms with E-state index in [1.165, 1.54) is 12.8 Å². The number of ether oxygens (including phenoxy) is 1. The van der Waals surface area contributed by atoms with E-state index in [-0.39, 0.29) is 18.3 Å². The first-order valence-electron chi connectivity index (χ1n) is 6.59. The van der Waals surface area contributed by atoms with Crippen LogP contribution in [0.1, 0.15) is 51.2 Å². The molecule has 0 aromatic carbocycles. The van der Waals surface area contributed by atoms with Crippen LogP contribution in [-0.4, -0.2) is 11.1 Å². The first-order valence-corrected chi connectivity index (χ1v) is 6.59. The van der Waals surface area contributed by atoms with Gasteiger partial charge in [-0.1, -0.05) is 32.6 Å². The summed E-state index contributed by atoms with van der Waals surface area (Å²) in [4.78, 5) is 22.5. The van der Waals surface area contributed by atoms with Gasteiger partial charge in [0.15, 0.2) is 5.75 Å². The highest BCUT2D eigenvalue weighted by Gasteiger charge is 2.06. The molecule has 5 heteroatoms. The van der Waals surface area contributed by atoms with Gasteiger partial charge in [0.05, 0.1) is 0 Å². The first-order chi connectivity index (χ1) is 9.13. The number of carbonyl (C=O) groups is 1. The zero-order valence-electron chi connectivity index (χ0n) is 11.2. The lowest BCUT2D eigenvalue weighted by Gasteiger charge is -2.04. The maximum atomic E-state index is 11.4. The molecule has 0 saturated heterocycles. The minimum atomic E-state index is -0.545. The van der Waals surface area contributed by atoms with Crippen LogP contribution in [-0.2, 0) is 16.1 Å². The molecule has 1 aromatic heterocycles. The van der Waals surface area contributed by atoms with Crippen molar-refractivity contribution in [3.63, 3.8) is 0 Å². The Morgan fingerprint density at radius 1 is 1.32 bits per heavy atom. The molecule has 19 heavy (non-hydrogen) atoms. The second-order valence-electron chi connectivity index (χ2n) is 4.42. The molecule has 106 valence electrons. The van der Waals surface area contributed by atoms with Crippen LogP contribution in [0, 0.1) is 0 Å². The fourth-order valence-corrected chi connectivity index (χ4v) is 1.62. The average Bonchev–Trinajstić information content (AvgIpc) is 2.40. The van der Waals surface area contributed by atoms with E-state index >= 15 is 0 Å². The molecule has 1 heterocycles. The van der Waals surface area contributed by atoms with Gasteiger partial charge in [0.25, 0.3) is 0 Å². The van der Waals surface area contributed by atoms with Gasteiger partial charge < -0.3 is 14.3 Å². The van der Waals surface area contributed by atoms with Crippen molar-refractivity contribution in [2.75, 3.05) is 0 Å². The summed E-state index contributed by atoms with van der Waals surface area (Å²) in [5, 5.41) is 8.99. The van der Waals surface area contributed by atoms with Gasteiger partial charge in [0, 0.05) is 12.5 Å². The maximum Gasteiger partial charge on any atom is 0.306 e. The minimum Gasteiger partial charge on any atom is -0.502 e. The van der Waals surface area contributed by atoms with Gasteiger partial charge in [-0.15, -0.1) is 0 Å². The minimum absolute atomic E-state index is 0.0800. The Hall–Kier alpha value is -1.78. The third-order valence-electron chi connectivity index (χ3n) is 2.73. The topological polar surface area (TPSA) is 76.7 Å². The highest BCUT2D eigenvalue weighted by atomic mass is 16.5. The number of carbonyl (C=O) groups excluding carboxylic acids is 1. The van der Waals surface area contributed by atoms with Crippen molar-refractivity contribution < 1.29 is 19.1 Å². The van der Waals surface area contributed by atoms with Gasteiger partial charge >= 0.3 is 5.97 Å². The Labute approximate surface area is 112 Å². The summed E-state index contributed by atoms with van der Waals surface area (Å²) in [6.45, 7) is 2.06. The number of unbranched alkanes of at least 4 members (excludes halogenated alkanes) is 4. The van der Waals surface area contributed by atoms with E-state index in [4.69, 9.17) is 14.3 Å². The van der Waals surface area contributed by atoms with Crippen molar-refractivity contribution in [2.24, 2.45) is 0 Å². The van der Waals surface area contributed by atoms with E-state index < -0.39 is 11.2 Å². The Bertz CT molecular complexity index is 449. The summed E-state index contributed by atoms with van der Waals surface area (Å²) in [5.41, 5.74) is -0.545. The SMILES string of the molecule is CCCCCCCC(=O)OCc1cc(=O)c(O)co1. The molecule has 0 radical (unpaired) electrons. The predicted molar refractivity (Wildman–Crippen MR) is 69.8 cm³/mol. The van der Waals surface area contributed by atoms with Gasteiger partial charge in [0.2, 0.25) is 5.43 Å². The molecule has 0 aliphatic carbocycles. The third-order valence-corrected chi connectivity index (χ3v) is 2.73. The molecule has 0 amide bonds. The van der Waals surface area contributed by atoms with E-state index in [9.17, 15) is 9.59 Å². The van der Waals surface area contributed by atoms with Gasteiger partial charge in [-0.05, 0) is 6.42 Å². The predicted octanol–water partition coefficient (Wildman–Crippen LogP) is 2.75. The molecule has 0 saturated carbocycles. The molecule has 0 atom stereocenters. The molecule has 0 unspecified atom stereocenters. The molecule has 1 rings (SSSR count). The molecule has 1 aromatic rings. The molecular formula is C14H20O5. The van der Waals surface area contributed by atoms with Crippen LogP contribution in [0.15, 0.2) is 21.5 Å². The van der Waals surface area contributed by atoms with Gasteiger partial charge in [0.1, 0.15) is 18.6 Å². The molecule has 0 spiro atoms. The summed E-state index contributed by atoms with van der Waals surface area (Å²) in [7, 11) is 0. The number of esters is 1. The van der Waals surface area contributed by atoms with Crippen LogP contribution in [0.2, 0.25) is 0 Å². The number of rotatable bonds is 8. The molecule has 0 aliphatic rings. The second kappa shape index (κ2) is 8.34. The van der Waals surface area contributed by atoms with Crippen molar-refractivity contribution in [3.8, 4) is 5.75 Å². The zero-order chi connectivity index (χ0) is 14.1. The van der Waals surface area contributed by atoms with Crippen molar-refractivity contribution in [1.82, 2.24) is 0 Å². The van der Waals surface area contributed by atoms with Crippen LogP contribution in [0.4, 0.5) is 0 Å². The average molecular weight is 268 g/mol. The maximum absolute atomic E-state index is 11.4. The Balaban J connectivity index is 2.22. The highest BCUT2D eigenvalue weighted by Crippen LogP contribution is 2.08. The summed E-state index contributed by atoms with van der Waals surface area (Å²) in [6, 6.07) is 1.11. The molecule has 5 nitrogen and oxygen atoms in total. The third kappa shape index (κ3) is 6.08. The van der Waals surface area contributed by atoms with E-state index in [0.717, 1.165) is 31.6 Å². The van der Waals surface area contributed by atoms with Gasteiger partial charge in [-0.3, -0.25) is 9.59 Å². The lowest BCUT2D eigenvalue weighted by molar-refractivity contribution is -0.145. The molecule has 0 aliphatic heterocycles. The van der Waals surface area contributed by atoms with Crippen molar-refractivity contribution in [3.05, 3.63) is 28.3 Å². The molecule has 0 bridgehead atoms. The van der Waals surface area contributed by atoms with Crippen LogP contribution in [0.3, 0.4) is 0 Å². The van der Waals surface area contributed by atoms with Crippen molar-refractivity contribution >= 4 is 5.97 Å². The lowest BCUT2D eigenvalue weighted by Crippen LogP contribution is -2.06. The summed E-state index contributed by atoms with van der Waals surface area (Å²) in [6.07, 6.45) is 6.66. The van der Waals surface area contributed by atoms with Crippen LogP contribution < -0.4 is 5.43 Å². The zero-order valence-corrected chi connectivity index (χ0v) is 11.2. The first kappa shape index (κ1) is 15.3. The molecule has 1 N–H and O–H groups in total. The second-order valence-corrected chi connectivity index (χ2v) is 4.42. The lowest BCUT2D eigenvalue weighted by atomic mass is 10.1. The number of hydrogen-bond donors (Lipinski definition) is 1.